The molecule has 0 spiro atoms. The number of hydrogen-bond donors (Lipinski definition) is 1. The lowest BCUT2D eigenvalue weighted by molar-refractivity contribution is -0.380. The lowest BCUT2D eigenvalue weighted by Crippen LogP contribution is -2.46. The van der Waals surface area contributed by atoms with Crippen LogP contribution in [0.5, 0.6) is 0 Å². The van der Waals surface area contributed by atoms with Crippen molar-refractivity contribution in [3.05, 3.63) is 63.0 Å². The van der Waals surface area contributed by atoms with Gasteiger partial charge in [0.2, 0.25) is 0 Å². The van der Waals surface area contributed by atoms with E-state index in [-0.39, 0.29) is 9.92 Å². The molecule has 0 bridgehead atoms. The Hall–Kier alpha value is -1.80. The fourth-order valence-corrected chi connectivity index (χ4v) is 4.11. The topological polar surface area (TPSA) is 61.7 Å². The molecule has 1 N–H and O–H groups in total. The predicted molar refractivity (Wildman–Crippen MR) is 110 cm³/mol. The molecule has 2 heterocycles. The van der Waals surface area contributed by atoms with E-state index in [0.29, 0.717) is 6.54 Å². The van der Waals surface area contributed by atoms with Crippen LogP contribution in [0.25, 0.3) is 0 Å². The van der Waals surface area contributed by atoms with Gasteiger partial charge in [-0.15, -0.1) is 0 Å². The van der Waals surface area contributed by atoms with Crippen LogP contribution in [0, 0.1) is 10.1 Å². The summed E-state index contributed by atoms with van der Waals surface area (Å²) in [6.45, 7) is 8.47. The summed E-state index contributed by atoms with van der Waals surface area (Å²) in [4.78, 5) is 15.4. The monoisotopic (exact) mass is 388 g/mol. The number of nitro groups is 1. The van der Waals surface area contributed by atoms with Crippen LogP contribution in [-0.2, 0) is 13.1 Å². The third-order valence-electron chi connectivity index (χ3n) is 4.94. The van der Waals surface area contributed by atoms with Crippen LogP contribution >= 0.6 is 11.3 Å². The van der Waals surface area contributed by atoms with Crippen LogP contribution in [0.15, 0.2) is 41.8 Å². The Balaban J connectivity index is 1.22. The fourth-order valence-electron chi connectivity index (χ4n) is 3.38. The van der Waals surface area contributed by atoms with Gasteiger partial charge in [0.15, 0.2) is 0 Å². The quantitative estimate of drug-likeness (QED) is 0.384. The highest BCUT2D eigenvalue weighted by Gasteiger charge is 2.16. The molecule has 6 nitrogen and oxygen atoms in total. The van der Waals surface area contributed by atoms with Gasteiger partial charge in [0.1, 0.15) is 0 Å². The Kier molecular flexibility index (Phi) is 7.77. The summed E-state index contributed by atoms with van der Waals surface area (Å²) < 4.78 is 0. The minimum absolute atomic E-state index is 0.221. The standard InChI is InChI=1S/C20H28N4O2S/c25-24(26)20-14-19(17-27-20)15-21-8-4-5-9-22-10-12-23(13-11-22)16-18-6-2-1-3-7-18/h1-3,6-7,14,17,21H,4-5,8-13,15-16H2. The molecule has 0 saturated carbocycles. The maximum absolute atomic E-state index is 10.7. The molecule has 0 unspecified atom stereocenters. The number of unbranched alkanes of at least 4 members (excludes halogenated alkanes) is 1. The maximum atomic E-state index is 10.7. The molecule has 1 saturated heterocycles. The summed E-state index contributed by atoms with van der Waals surface area (Å²) in [5, 5.41) is 16.1. The van der Waals surface area contributed by atoms with E-state index in [1.165, 1.54) is 23.3 Å². The number of thiophene rings is 1. The lowest BCUT2D eigenvalue weighted by atomic mass is 10.2. The molecule has 7 heteroatoms. The summed E-state index contributed by atoms with van der Waals surface area (Å²) in [6.07, 6.45) is 2.33. The Morgan fingerprint density at radius 2 is 1.78 bits per heavy atom. The Bertz CT molecular complexity index is 699. The average Bonchev–Trinajstić information content (AvgIpc) is 3.16. The number of nitrogens with one attached hydrogen (secondary N) is 1. The van der Waals surface area contributed by atoms with E-state index in [4.69, 9.17) is 0 Å². The van der Waals surface area contributed by atoms with E-state index in [1.807, 2.05) is 5.38 Å². The van der Waals surface area contributed by atoms with Gasteiger partial charge >= 0.3 is 5.00 Å². The highest BCUT2D eigenvalue weighted by Crippen LogP contribution is 2.22. The first-order valence-electron chi connectivity index (χ1n) is 9.62. The second-order valence-corrected chi connectivity index (χ2v) is 7.93. The normalized spacial score (nSPS) is 15.9. The van der Waals surface area contributed by atoms with E-state index < -0.39 is 0 Å². The van der Waals surface area contributed by atoms with Gasteiger partial charge in [-0.3, -0.25) is 15.0 Å². The van der Waals surface area contributed by atoms with Crippen LogP contribution in [-0.4, -0.2) is 54.0 Å². The molecule has 1 aliphatic heterocycles. The van der Waals surface area contributed by atoms with Gasteiger partial charge in [-0.05, 0) is 37.1 Å². The summed E-state index contributed by atoms with van der Waals surface area (Å²) in [7, 11) is 0. The fraction of sp³-hybridized carbons (Fsp3) is 0.500. The molecule has 1 aliphatic rings. The smallest absolute Gasteiger partial charge is 0.313 e. The van der Waals surface area contributed by atoms with Crippen molar-refractivity contribution in [2.75, 3.05) is 39.3 Å². The Morgan fingerprint density at radius 1 is 1.04 bits per heavy atom. The van der Waals surface area contributed by atoms with Crippen molar-refractivity contribution in [2.45, 2.75) is 25.9 Å². The van der Waals surface area contributed by atoms with Crippen molar-refractivity contribution in [3.63, 3.8) is 0 Å². The molecule has 0 aliphatic carbocycles. The Morgan fingerprint density at radius 3 is 2.48 bits per heavy atom. The molecular formula is C20H28N4O2S. The summed E-state index contributed by atoms with van der Waals surface area (Å²) >= 11 is 1.20. The number of hydrogen-bond acceptors (Lipinski definition) is 6. The van der Waals surface area contributed by atoms with E-state index in [9.17, 15) is 10.1 Å². The molecular weight excluding hydrogens is 360 g/mol. The van der Waals surface area contributed by atoms with Crippen molar-refractivity contribution in [1.82, 2.24) is 15.1 Å². The van der Waals surface area contributed by atoms with Crippen molar-refractivity contribution in [1.29, 1.82) is 0 Å². The SMILES string of the molecule is O=[N+]([O-])c1cc(CNCCCCN2CCN(Cc3ccccc3)CC2)cs1. The van der Waals surface area contributed by atoms with Crippen LogP contribution in [0.2, 0.25) is 0 Å². The van der Waals surface area contributed by atoms with Crippen LogP contribution < -0.4 is 5.32 Å². The second kappa shape index (κ2) is 10.5. The first-order valence-corrected chi connectivity index (χ1v) is 10.5. The number of benzene rings is 1. The molecule has 146 valence electrons. The zero-order valence-electron chi connectivity index (χ0n) is 15.7. The van der Waals surface area contributed by atoms with E-state index in [0.717, 1.165) is 57.8 Å². The van der Waals surface area contributed by atoms with Gasteiger partial charge < -0.3 is 10.2 Å². The average molecular weight is 389 g/mol. The van der Waals surface area contributed by atoms with Crippen molar-refractivity contribution >= 4 is 16.3 Å². The molecule has 0 radical (unpaired) electrons. The van der Waals surface area contributed by atoms with Gasteiger partial charge in [0, 0.05) is 50.7 Å². The maximum Gasteiger partial charge on any atom is 0.324 e. The van der Waals surface area contributed by atoms with Gasteiger partial charge in [-0.1, -0.05) is 41.7 Å². The molecule has 1 aromatic heterocycles. The third kappa shape index (κ3) is 6.70. The highest BCUT2D eigenvalue weighted by atomic mass is 32.1. The molecule has 27 heavy (non-hydrogen) atoms. The number of piperazine rings is 1. The van der Waals surface area contributed by atoms with Crippen molar-refractivity contribution < 1.29 is 4.92 Å². The largest absolute Gasteiger partial charge is 0.324 e. The summed E-state index contributed by atoms with van der Waals surface area (Å²) in [5.74, 6) is 0. The van der Waals surface area contributed by atoms with Crippen molar-refractivity contribution in [3.8, 4) is 0 Å². The van der Waals surface area contributed by atoms with Crippen LogP contribution in [0.1, 0.15) is 24.0 Å². The third-order valence-corrected chi connectivity index (χ3v) is 5.87. The molecule has 2 aromatic rings. The minimum atomic E-state index is -0.326. The number of rotatable bonds is 10. The number of nitrogens with zero attached hydrogens (tertiary/aromatic N) is 3. The minimum Gasteiger partial charge on any atom is -0.313 e. The van der Waals surface area contributed by atoms with Gasteiger partial charge in [0.25, 0.3) is 0 Å². The summed E-state index contributed by atoms with van der Waals surface area (Å²) in [5.41, 5.74) is 2.40. The predicted octanol–water partition coefficient (Wildman–Crippen LogP) is 3.34. The van der Waals surface area contributed by atoms with Crippen LogP contribution in [0.3, 0.4) is 0 Å². The second-order valence-electron chi connectivity index (χ2n) is 7.04. The van der Waals surface area contributed by atoms with E-state index >= 15 is 0 Å². The molecule has 3 rings (SSSR count). The van der Waals surface area contributed by atoms with E-state index in [1.54, 1.807) is 6.07 Å². The molecule has 1 fully saturated rings. The molecule has 0 atom stereocenters. The molecule has 0 amide bonds. The zero-order valence-corrected chi connectivity index (χ0v) is 16.5. The first-order chi connectivity index (χ1) is 13.2. The van der Waals surface area contributed by atoms with Crippen LogP contribution in [0.4, 0.5) is 5.00 Å². The molecule has 1 aromatic carbocycles. The van der Waals surface area contributed by atoms with E-state index in [2.05, 4.69) is 45.4 Å². The first kappa shape index (κ1) is 19.9. The lowest BCUT2D eigenvalue weighted by Gasteiger charge is -2.34. The van der Waals surface area contributed by atoms with Gasteiger partial charge in [-0.2, -0.15) is 0 Å². The highest BCUT2D eigenvalue weighted by molar-refractivity contribution is 7.13. The van der Waals surface area contributed by atoms with Crippen molar-refractivity contribution in [2.24, 2.45) is 0 Å². The Labute approximate surface area is 164 Å². The van der Waals surface area contributed by atoms with Gasteiger partial charge in [0.05, 0.1) is 4.92 Å². The zero-order chi connectivity index (χ0) is 18.9. The van der Waals surface area contributed by atoms with Gasteiger partial charge in [-0.25, -0.2) is 0 Å². The summed E-state index contributed by atoms with van der Waals surface area (Å²) in [6, 6.07) is 12.4.